The number of amides is 1. The van der Waals surface area contributed by atoms with Gasteiger partial charge in [0.15, 0.2) is 0 Å². The number of carbonyl (C=O) groups is 1. The highest BCUT2D eigenvalue weighted by molar-refractivity contribution is 7.99. The van der Waals surface area contributed by atoms with E-state index in [1.807, 2.05) is 0 Å². The SMILES string of the molecule is O=C(NSc1cc(Cl)c(NC(CCN2CC(F)C2)CSc2ccc(F)cc2)c(Cl)c1)C1CCCCO1. The molecular weight excluding hydrogens is 547 g/mol. The maximum Gasteiger partial charge on any atom is 0.259 e. The van der Waals surface area contributed by atoms with Gasteiger partial charge in [-0.15, -0.1) is 11.8 Å². The first kappa shape index (κ1) is 27.8. The zero-order valence-electron chi connectivity index (χ0n) is 19.7. The van der Waals surface area contributed by atoms with E-state index in [1.54, 1.807) is 36.0 Å². The second-order valence-corrected chi connectivity index (χ2v) is 11.7. The van der Waals surface area contributed by atoms with Crippen molar-refractivity contribution in [3.8, 4) is 0 Å². The van der Waals surface area contributed by atoms with Crippen LogP contribution in [-0.2, 0) is 9.53 Å². The van der Waals surface area contributed by atoms with Gasteiger partial charge in [0.25, 0.3) is 5.91 Å². The van der Waals surface area contributed by atoms with Crippen molar-refractivity contribution in [2.24, 2.45) is 0 Å². The molecule has 0 spiro atoms. The van der Waals surface area contributed by atoms with Gasteiger partial charge in [0.1, 0.15) is 18.1 Å². The van der Waals surface area contributed by atoms with Crippen LogP contribution in [0.5, 0.6) is 0 Å². The third kappa shape index (κ3) is 8.13. The second kappa shape index (κ2) is 13.5. The molecule has 0 bridgehead atoms. The summed E-state index contributed by atoms with van der Waals surface area (Å²) < 4.78 is 34.8. The molecule has 2 saturated heterocycles. The Morgan fingerprint density at radius 1 is 1.14 bits per heavy atom. The van der Waals surface area contributed by atoms with Gasteiger partial charge in [0.2, 0.25) is 0 Å². The van der Waals surface area contributed by atoms with Crippen molar-refractivity contribution < 1.29 is 18.3 Å². The molecule has 36 heavy (non-hydrogen) atoms. The number of thioether (sulfide) groups is 1. The predicted molar refractivity (Wildman–Crippen MR) is 145 cm³/mol. The summed E-state index contributed by atoms with van der Waals surface area (Å²) in [7, 11) is 0. The first-order valence-electron chi connectivity index (χ1n) is 12.0. The summed E-state index contributed by atoms with van der Waals surface area (Å²) in [6.45, 7) is 2.28. The van der Waals surface area contributed by atoms with Gasteiger partial charge >= 0.3 is 0 Å². The highest BCUT2D eigenvalue weighted by Gasteiger charge is 2.27. The lowest BCUT2D eigenvalue weighted by molar-refractivity contribution is -0.133. The van der Waals surface area contributed by atoms with E-state index in [-0.39, 0.29) is 17.8 Å². The van der Waals surface area contributed by atoms with Crippen molar-refractivity contribution in [2.45, 2.75) is 53.8 Å². The van der Waals surface area contributed by atoms with Gasteiger partial charge in [0, 0.05) is 47.8 Å². The minimum atomic E-state index is -0.746. The molecule has 2 N–H and O–H groups in total. The summed E-state index contributed by atoms with van der Waals surface area (Å²) in [4.78, 5) is 16.1. The fourth-order valence-electron chi connectivity index (χ4n) is 4.03. The lowest BCUT2D eigenvalue weighted by Gasteiger charge is -2.35. The Morgan fingerprint density at radius 2 is 1.86 bits per heavy atom. The number of ether oxygens (including phenoxy) is 1. The number of carbonyl (C=O) groups excluding carboxylic acids is 1. The fraction of sp³-hybridized carbons (Fsp3) is 0.480. The molecule has 2 fully saturated rings. The first-order chi connectivity index (χ1) is 17.4. The number of benzene rings is 2. The summed E-state index contributed by atoms with van der Waals surface area (Å²) in [6.07, 6.45) is 2.28. The van der Waals surface area contributed by atoms with E-state index in [4.69, 9.17) is 27.9 Å². The molecule has 2 aliphatic heterocycles. The zero-order valence-corrected chi connectivity index (χ0v) is 22.8. The average molecular weight is 577 g/mol. The van der Waals surface area contributed by atoms with Crippen LogP contribution in [0.2, 0.25) is 10.0 Å². The molecule has 5 nitrogen and oxygen atoms in total. The topological polar surface area (TPSA) is 53.6 Å². The van der Waals surface area contributed by atoms with Gasteiger partial charge in [-0.2, -0.15) is 0 Å². The van der Waals surface area contributed by atoms with Crippen LogP contribution in [0.4, 0.5) is 14.5 Å². The number of halogens is 4. The first-order valence-corrected chi connectivity index (χ1v) is 14.5. The summed E-state index contributed by atoms with van der Waals surface area (Å²) >= 11 is 15.9. The van der Waals surface area contributed by atoms with Crippen molar-refractivity contribution in [2.75, 3.05) is 37.3 Å². The van der Waals surface area contributed by atoms with Crippen LogP contribution in [0.15, 0.2) is 46.2 Å². The van der Waals surface area contributed by atoms with Crippen LogP contribution in [0.25, 0.3) is 0 Å². The molecule has 0 aromatic heterocycles. The minimum Gasteiger partial charge on any atom is -0.379 e. The number of hydrogen-bond donors (Lipinski definition) is 2. The highest BCUT2D eigenvalue weighted by atomic mass is 35.5. The molecular formula is C25H29Cl2F2N3O2S2. The van der Waals surface area contributed by atoms with Crippen LogP contribution in [0, 0.1) is 5.82 Å². The molecule has 11 heteroatoms. The Morgan fingerprint density at radius 3 is 2.50 bits per heavy atom. The zero-order chi connectivity index (χ0) is 25.5. The van der Waals surface area contributed by atoms with E-state index in [1.165, 1.54) is 12.1 Å². The fourth-order valence-corrected chi connectivity index (χ4v) is 6.43. The largest absolute Gasteiger partial charge is 0.379 e. The molecule has 2 aliphatic rings. The van der Waals surface area contributed by atoms with Gasteiger partial charge in [-0.05, 0) is 74.0 Å². The van der Waals surface area contributed by atoms with Crippen LogP contribution >= 0.6 is 46.9 Å². The molecule has 2 unspecified atom stereocenters. The Bertz CT molecular complexity index is 1000. The van der Waals surface area contributed by atoms with Crippen molar-refractivity contribution in [1.29, 1.82) is 0 Å². The number of alkyl halides is 1. The summed E-state index contributed by atoms with van der Waals surface area (Å²) in [6, 6.07) is 9.89. The summed E-state index contributed by atoms with van der Waals surface area (Å²) in [5.41, 5.74) is 0.612. The third-order valence-electron chi connectivity index (χ3n) is 6.08. The number of likely N-dealkylation sites (tertiary alicyclic amines) is 1. The molecule has 2 atom stereocenters. The molecule has 196 valence electrons. The second-order valence-electron chi connectivity index (χ2n) is 8.94. The molecule has 4 rings (SSSR count). The lowest BCUT2D eigenvalue weighted by Crippen LogP contribution is -2.49. The maximum absolute atomic E-state index is 13.3. The maximum atomic E-state index is 13.3. The van der Waals surface area contributed by atoms with E-state index >= 15 is 0 Å². The average Bonchev–Trinajstić information content (AvgIpc) is 2.86. The number of nitrogens with zero attached hydrogens (tertiary/aromatic N) is 1. The minimum absolute atomic E-state index is 0.00429. The Labute approximate surface area is 229 Å². The summed E-state index contributed by atoms with van der Waals surface area (Å²) in [5, 5.41) is 4.34. The van der Waals surface area contributed by atoms with Crippen LogP contribution in [-0.4, -0.2) is 61.1 Å². The van der Waals surface area contributed by atoms with E-state index in [2.05, 4.69) is 14.9 Å². The number of nitrogens with one attached hydrogen (secondary N) is 2. The van der Waals surface area contributed by atoms with E-state index in [0.717, 1.165) is 49.1 Å². The lowest BCUT2D eigenvalue weighted by atomic mass is 10.1. The molecule has 0 aliphatic carbocycles. The quantitative estimate of drug-likeness (QED) is 0.237. The van der Waals surface area contributed by atoms with Crippen molar-refractivity contribution in [3.63, 3.8) is 0 Å². The van der Waals surface area contributed by atoms with E-state index in [9.17, 15) is 13.6 Å². The number of rotatable bonds is 11. The van der Waals surface area contributed by atoms with Crippen molar-refractivity contribution in [3.05, 3.63) is 52.3 Å². The Balaban J connectivity index is 1.37. The van der Waals surface area contributed by atoms with E-state index in [0.29, 0.717) is 46.1 Å². The van der Waals surface area contributed by atoms with E-state index < -0.39 is 12.3 Å². The molecule has 1 amide bonds. The van der Waals surface area contributed by atoms with Gasteiger partial charge in [-0.25, -0.2) is 8.78 Å². The monoisotopic (exact) mass is 575 g/mol. The summed E-state index contributed by atoms with van der Waals surface area (Å²) in [5.74, 6) is 0.263. The molecule has 2 aromatic carbocycles. The predicted octanol–water partition coefficient (Wildman–Crippen LogP) is 6.44. The third-order valence-corrected chi connectivity index (χ3v) is 8.62. The van der Waals surface area contributed by atoms with Crippen LogP contribution in [0.1, 0.15) is 25.7 Å². The standard InChI is InChI=1S/C25H29Cl2F2N3O2S2/c26-21-11-20(36-31-25(33)23-3-1-2-10-34-23)12-22(27)24(21)30-18(8-9-32-13-17(29)14-32)15-35-19-6-4-16(28)5-7-19/h4-7,11-12,17-18,23,30H,1-3,8-10,13-15H2,(H,31,33). The van der Waals surface area contributed by atoms with Crippen molar-refractivity contribution >= 4 is 58.5 Å². The van der Waals surface area contributed by atoms with Crippen LogP contribution < -0.4 is 10.0 Å². The van der Waals surface area contributed by atoms with Gasteiger partial charge in [-0.1, -0.05) is 23.2 Å². The number of anilines is 1. The van der Waals surface area contributed by atoms with Crippen molar-refractivity contribution in [1.82, 2.24) is 9.62 Å². The number of hydrogen-bond acceptors (Lipinski definition) is 6. The molecule has 0 saturated carbocycles. The normalized spacial score (nSPS) is 19.5. The van der Waals surface area contributed by atoms with Gasteiger partial charge in [0.05, 0.1) is 15.7 Å². The van der Waals surface area contributed by atoms with Crippen LogP contribution in [0.3, 0.4) is 0 Å². The Kier molecular flexibility index (Phi) is 10.4. The smallest absolute Gasteiger partial charge is 0.259 e. The Hall–Kier alpha value is -1.23. The van der Waals surface area contributed by atoms with Gasteiger partial charge in [-0.3, -0.25) is 14.4 Å². The molecule has 2 aromatic rings. The van der Waals surface area contributed by atoms with Gasteiger partial charge < -0.3 is 10.1 Å². The highest BCUT2D eigenvalue weighted by Crippen LogP contribution is 2.36. The molecule has 2 heterocycles. The molecule has 0 radical (unpaired) electrons.